The first-order valence-corrected chi connectivity index (χ1v) is 7.10. The molecule has 0 spiro atoms. The summed E-state index contributed by atoms with van der Waals surface area (Å²) >= 11 is 0. The number of hydrogen-bond donors (Lipinski definition) is 1. The third-order valence-electron chi connectivity index (χ3n) is 3.32. The van der Waals surface area contributed by atoms with Crippen LogP contribution in [0.3, 0.4) is 0 Å². The molecule has 106 valence electrons. The van der Waals surface area contributed by atoms with E-state index in [1.165, 1.54) is 5.56 Å². The molecule has 0 radical (unpaired) electrons. The van der Waals surface area contributed by atoms with E-state index in [9.17, 15) is 0 Å². The Labute approximate surface area is 121 Å². The molecule has 0 bridgehead atoms. The van der Waals surface area contributed by atoms with Crippen molar-refractivity contribution in [3.63, 3.8) is 0 Å². The number of rotatable bonds is 6. The molecule has 3 heteroatoms. The van der Waals surface area contributed by atoms with E-state index >= 15 is 0 Å². The van der Waals surface area contributed by atoms with Crippen LogP contribution in [0.2, 0.25) is 0 Å². The van der Waals surface area contributed by atoms with Gasteiger partial charge < -0.3 is 10.1 Å². The van der Waals surface area contributed by atoms with Gasteiger partial charge in [0.25, 0.3) is 0 Å². The van der Waals surface area contributed by atoms with Gasteiger partial charge >= 0.3 is 0 Å². The van der Waals surface area contributed by atoms with Crippen LogP contribution in [0.4, 0.5) is 0 Å². The Morgan fingerprint density at radius 3 is 2.40 bits per heavy atom. The molecule has 2 aromatic rings. The van der Waals surface area contributed by atoms with Crippen molar-refractivity contribution in [1.29, 1.82) is 0 Å². The van der Waals surface area contributed by atoms with Crippen LogP contribution in [-0.2, 0) is 0 Å². The fourth-order valence-corrected chi connectivity index (χ4v) is 2.21. The number of nitrogens with one attached hydrogen (secondary N) is 1. The summed E-state index contributed by atoms with van der Waals surface area (Å²) in [4.78, 5) is 4.38. The molecule has 2 atom stereocenters. The maximum Gasteiger partial charge on any atom is 0.119 e. The van der Waals surface area contributed by atoms with Crippen LogP contribution in [0.1, 0.15) is 44.1 Å². The van der Waals surface area contributed by atoms with Gasteiger partial charge in [0.1, 0.15) is 5.75 Å². The van der Waals surface area contributed by atoms with Crippen molar-refractivity contribution < 1.29 is 4.74 Å². The molecule has 0 aliphatic rings. The Bertz CT molecular complexity index is 510. The number of nitrogens with zero attached hydrogens (tertiary/aromatic N) is 1. The lowest BCUT2D eigenvalue weighted by molar-refractivity contribution is 0.340. The predicted octanol–water partition coefficient (Wildman–Crippen LogP) is 3.89. The van der Waals surface area contributed by atoms with Crippen LogP contribution in [0, 0.1) is 0 Å². The number of pyridine rings is 1. The van der Waals surface area contributed by atoms with Crippen molar-refractivity contribution in [2.24, 2.45) is 0 Å². The van der Waals surface area contributed by atoms with E-state index in [2.05, 4.69) is 36.3 Å². The van der Waals surface area contributed by atoms with E-state index in [4.69, 9.17) is 4.74 Å². The van der Waals surface area contributed by atoms with Crippen molar-refractivity contribution in [2.75, 3.05) is 6.61 Å². The number of aromatic nitrogens is 1. The number of hydrogen-bond acceptors (Lipinski definition) is 3. The average Bonchev–Trinajstić information content (AvgIpc) is 2.49. The zero-order valence-electron chi connectivity index (χ0n) is 12.3. The van der Waals surface area contributed by atoms with Gasteiger partial charge in [0.05, 0.1) is 12.3 Å². The first kappa shape index (κ1) is 14.5. The summed E-state index contributed by atoms with van der Waals surface area (Å²) in [5.74, 6) is 0.918. The molecule has 0 fully saturated rings. The first-order chi connectivity index (χ1) is 9.70. The molecular formula is C17H22N2O. The second kappa shape index (κ2) is 7.06. The molecule has 1 aromatic heterocycles. The lowest BCUT2D eigenvalue weighted by Gasteiger charge is -2.20. The molecular weight excluding hydrogens is 248 g/mol. The summed E-state index contributed by atoms with van der Waals surface area (Å²) in [6, 6.07) is 14.7. The Hall–Kier alpha value is -1.87. The van der Waals surface area contributed by atoms with Crippen molar-refractivity contribution in [3.05, 3.63) is 59.9 Å². The van der Waals surface area contributed by atoms with Gasteiger partial charge in [-0.05, 0) is 50.6 Å². The molecule has 20 heavy (non-hydrogen) atoms. The minimum Gasteiger partial charge on any atom is -0.494 e. The van der Waals surface area contributed by atoms with Crippen LogP contribution in [0.25, 0.3) is 0 Å². The molecule has 0 aliphatic carbocycles. The molecule has 0 saturated carbocycles. The Kier molecular flexibility index (Phi) is 5.13. The molecule has 1 heterocycles. The van der Waals surface area contributed by atoms with Crippen LogP contribution < -0.4 is 10.1 Å². The summed E-state index contributed by atoms with van der Waals surface area (Å²) in [6.07, 6.45) is 1.83. The summed E-state index contributed by atoms with van der Waals surface area (Å²) < 4.78 is 5.46. The molecule has 2 rings (SSSR count). The van der Waals surface area contributed by atoms with E-state index in [0.29, 0.717) is 6.61 Å². The minimum atomic E-state index is 0.220. The van der Waals surface area contributed by atoms with Crippen LogP contribution in [0.5, 0.6) is 5.75 Å². The van der Waals surface area contributed by atoms with Gasteiger partial charge in [-0.15, -0.1) is 0 Å². The lowest BCUT2D eigenvalue weighted by Crippen LogP contribution is -2.23. The third-order valence-corrected chi connectivity index (χ3v) is 3.32. The quantitative estimate of drug-likeness (QED) is 0.864. The molecule has 1 N–H and O–H groups in total. The predicted molar refractivity (Wildman–Crippen MR) is 81.8 cm³/mol. The highest BCUT2D eigenvalue weighted by atomic mass is 16.5. The number of benzene rings is 1. The lowest BCUT2D eigenvalue weighted by atomic mass is 10.1. The molecule has 1 unspecified atom stereocenters. The highest BCUT2D eigenvalue weighted by Gasteiger charge is 2.11. The van der Waals surface area contributed by atoms with Crippen molar-refractivity contribution in [1.82, 2.24) is 10.3 Å². The van der Waals surface area contributed by atoms with E-state index in [-0.39, 0.29) is 12.1 Å². The molecule has 1 aromatic carbocycles. The van der Waals surface area contributed by atoms with Crippen molar-refractivity contribution in [2.45, 2.75) is 32.9 Å². The summed E-state index contributed by atoms with van der Waals surface area (Å²) in [7, 11) is 0. The van der Waals surface area contributed by atoms with Crippen LogP contribution in [0.15, 0.2) is 48.7 Å². The maximum atomic E-state index is 5.46. The molecule has 0 amide bonds. The van der Waals surface area contributed by atoms with Gasteiger partial charge in [-0.3, -0.25) is 4.98 Å². The summed E-state index contributed by atoms with van der Waals surface area (Å²) in [6.45, 7) is 6.99. The van der Waals surface area contributed by atoms with Crippen LogP contribution >= 0.6 is 0 Å². The molecule has 0 aliphatic heterocycles. The highest BCUT2D eigenvalue weighted by Crippen LogP contribution is 2.20. The Balaban J connectivity index is 1.99. The van der Waals surface area contributed by atoms with Gasteiger partial charge in [-0.1, -0.05) is 18.2 Å². The van der Waals surface area contributed by atoms with Gasteiger partial charge in [0.2, 0.25) is 0 Å². The summed E-state index contributed by atoms with van der Waals surface area (Å²) in [5, 5.41) is 3.56. The zero-order valence-corrected chi connectivity index (χ0v) is 12.3. The first-order valence-electron chi connectivity index (χ1n) is 7.10. The normalized spacial score (nSPS) is 13.8. The van der Waals surface area contributed by atoms with Gasteiger partial charge in [-0.25, -0.2) is 0 Å². The van der Waals surface area contributed by atoms with Crippen molar-refractivity contribution in [3.8, 4) is 5.75 Å². The second-order valence-corrected chi connectivity index (χ2v) is 4.87. The largest absolute Gasteiger partial charge is 0.494 e. The van der Waals surface area contributed by atoms with E-state index in [1.807, 2.05) is 43.5 Å². The second-order valence-electron chi connectivity index (χ2n) is 4.87. The monoisotopic (exact) mass is 270 g/mol. The average molecular weight is 270 g/mol. The number of ether oxygens (including phenoxy) is 1. The van der Waals surface area contributed by atoms with Crippen molar-refractivity contribution >= 4 is 0 Å². The Morgan fingerprint density at radius 2 is 1.80 bits per heavy atom. The standard InChI is InChI=1S/C17H22N2O/c1-4-20-16-10-8-15(9-11-16)13(2)19-14(3)17-7-5-6-12-18-17/h5-14,19H,4H2,1-3H3/t13?,14-/m0/s1. The Morgan fingerprint density at radius 1 is 1.05 bits per heavy atom. The van der Waals surface area contributed by atoms with Gasteiger partial charge in [0, 0.05) is 18.3 Å². The minimum absolute atomic E-state index is 0.220. The zero-order chi connectivity index (χ0) is 14.4. The van der Waals surface area contributed by atoms with Gasteiger partial charge in [-0.2, -0.15) is 0 Å². The fourth-order valence-electron chi connectivity index (χ4n) is 2.21. The SMILES string of the molecule is CCOc1ccc(C(C)N[C@@H](C)c2ccccn2)cc1. The molecule has 0 saturated heterocycles. The van der Waals surface area contributed by atoms with E-state index in [1.54, 1.807) is 0 Å². The van der Waals surface area contributed by atoms with E-state index in [0.717, 1.165) is 11.4 Å². The fraction of sp³-hybridized carbons (Fsp3) is 0.353. The third kappa shape index (κ3) is 3.81. The molecule has 3 nitrogen and oxygen atoms in total. The maximum absolute atomic E-state index is 5.46. The smallest absolute Gasteiger partial charge is 0.119 e. The highest BCUT2D eigenvalue weighted by molar-refractivity contribution is 5.29. The van der Waals surface area contributed by atoms with E-state index < -0.39 is 0 Å². The topological polar surface area (TPSA) is 34.1 Å². The van der Waals surface area contributed by atoms with Gasteiger partial charge in [0.15, 0.2) is 0 Å². The summed E-state index contributed by atoms with van der Waals surface area (Å²) in [5.41, 5.74) is 2.31. The van der Waals surface area contributed by atoms with Crippen LogP contribution in [-0.4, -0.2) is 11.6 Å².